The minimum atomic E-state index is 0.593. The van der Waals surface area contributed by atoms with Crippen LogP contribution in [0, 0.1) is 0 Å². The van der Waals surface area contributed by atoms with Gasteiger partial charge in [-0.05, 0) is 0 Å². The average molecular weight is 142 g/mol. The molecule has 0 saturated heterocycles. The van der Waals surface area contributed by atoms with Crippen LogP contribution in [0.5, 0.6) is 5.88 Å². The zero-order chi connectivity index (χ0) is 6.69. The van der Waals surface area contributed by atoms with Gasteiger partial charge < -0.3 is 4.74 Å². The molecule has 0 spiro atoms. The van der Waals surface area contributed by atoms with E-state index in [9.17, 15) is 0 Å². The maximum atomic E-state index is 4.83. The van der Waals surface area contributed by atoms with E-state index in [4.69, 9.17) is 4.74 Å². The van der Waals surface area contributed by atoms with Gasteiger partial charge in [-0.1, -0.05) is 9.24 Å². The highest BCUT2D eigenvalue weighted by molar-refractivity contribution is 7.26. The lowest BCUT2D eigenvalue weighted by Gasteiger charge is -1.95. The smallest absolute Gasteiger partial charge is 0.216 e. The predicted octanol–water partition coefficient (Wildman–Crippen LogP) is -0.0144. The Kier molecular flexibility index (Phi) is 1.96. The predicted molar refractivity (Wildman–Crippen MR) is 37.9 cm³/mol. The van der Waals surface area contributed by atoms with Crippen molar-refractivity contribution < 1.29 is 4.74 Å². The van der Waals surface area contributed by atoms with Gasteiger partial charge in [0.2, 0.25) is 5.88 Å². The van der Waals surface area contributed by atoms with Gasteiger partial charge in [-0.3, -0.25) is 0 Å². The third-order valence-electron chi connectivity index (χ3n) is 0.858. The Morgan fingerprint density at radius 3 is 2.89 bits per heavy atom. The molecule has 0 amide bonds. The van der Waals surface area contributed by atoms with Crippen LogP contribution in [0.15, 0.2) is 12.3 Å². The van der Waals surface area contributed by atoms with E-state index in [2.05, 4.69) is 19.2 Å². The number of ether oxygens (including phenoxy) is 1. The molecule has 9 heavy (non-hydrogen) atoms. The Morgan fingerprint density at radius 2 is 2.44 bits per heavy atom. The first-order chi connectivity index (χ1) is 4.33. The fraction of sp³-hybridized carbons (Fsp3) is 0.200. The molecule has 0 bridgehead atoms. The van der Waals surface area contributed by atoms with Crippen molar-refractivity contribution in [3.05, 3.63) is 12.3 Å². The molecular formula is C5H7N2OP. The Hall–Kier alpha value is -0.690. The standard InChI is InChI=1S/C5H7N2OP/c1-8-4-2-3-6-5(9)7-4/h2-3H,9H2,1H3. The van der Waals surface area contributed by atoms with Crippen molar-refractivity contribution in [1.82, 2.24) is 9.97 Å². The fourth-order valence-corrected chi connectivity index (χ4v) is 0.683. The fourth-order valence-electron chi connectivity index (χ4n) is 0.470. The third-order valence-corrected chi connectivity index (χ3v) is 1.14. The van der Waals surface area contributed by atoms with E-state index in [-0.39, 0.29) is 0 Å². The minimum Gasteiger partial charge on any atom is -0.481 e. The zero-order valence-electron chi connectivity index (χ0n) is 5.03. The van der Waals surface area contributed by atoms with Gasteiger partial charge in [0.05, 0.1) is 7.11 Å². The van der Waals surface area contributed by atoms with Crippen LogP contribution in [0.1, 0.15) is 0 Å². The summed E-state index contributed by atoms with van der Waals surface area (Å²) >= 11 is 0. The maximum Gasteiger partial charge on any atom is 0.216 e. The molecule has 1 heterocycles. The van der Waals surface area contributed by atoms with E-state index in [1.165, 1.54) is 0 Å². The van der Waals surface area contributed by atoms with E-state index >= 15 is 0 Å². The highest BCUT2D eigenvalue weighted by atomic mass is 31.0. The molecular weight excluding hydrogens is 135 g/mol. The van der Waals surface area contributed by atoms with E-state index in [1.54, 1.807) is 19.4 Å². The summed E-state index contributed by atoms with van der Waals surface area (Å²) in [6, 6.07) is 1.70. The van der Waals surface area contributed by atoms with E-state index in [1.807, 2.05) is 0 Å². The van der Waals surface area contributed by atoms with Crippen molar-refractivity contribution in [1.29, 1.82) is 0 Å². The molecule has 0 N–H and O–H groups in total. The summed E-state index contributed by atoms with van der Waals surface area (Å²) in [6.45, 7) is 0. The van der Waals surface area contributed by atoms with Crippen molar-refractivity contribution in [2.75, 3.05) is 7.11 Å². The van der Waals surface area contributed by atoms with Crippen molar-refractivity contribution in [3.8, 4) is 5.88 Å². The zero-order valence-corrected chi connectivity index (χ0v) is 6.19. The largest absolute Gasteiger partial charge is 0.481 e. The van der Waals surface area contributed by atoms with Gasteiger partial charge in [-0.25, -0.2) is 4.98 Å². The van der Waals surface area contributed by atoms with Gasteiger partial charge in [0.1, 0.15) is 5.57 Å². The van der Waals surface area contributed by atoms with Crippen molar-refractivity contribution in [2.45, 2.75) is 0 Å². The molecule has 0 aliphatic rings. The summed E-state index contributed by atoms with van der Waals surface area (Å²) in [5.74, 6) is 0.593. The molecule has 0 saturated carbocycles. The molecule has 3 nitrogen and oxygen atoms in total. The second-order valence-electron chi connectivity index (χ2n) is 1.46. The minimum absolute atomic E-state index is 0.593. The second-order valence-corrected chi connectivity index (χ2v) is 1.97. The molecule has 4 heteroatoms. The maximum absolute atomic E-state index is 4.83. The monoisotopic (exact) mass is 142 g/mol. The summed E-state index contributed by atoms with van der Waals surface area (Å²) in [7, 11) is 3.97. The van der Waals surface area contributed by atoms with Gasteiger partial charge in [-0.2, -0.15) is 4.98 Å². The highest BCUT2D eigenvalue weighted by Gasteiger charge is 1.89. The summed E-state index contributed by atoms with van der Waals surface area (Å²) < 4.78 is 4.83. The van der Waals surface area contributed by atoms with Crippen molar-refractivity contribution >= 4 is 14.8 Å². The van der Waals surface area contributed by atoms with Crippen LogP contribution in [0.4, 0.5) is 0 Å². The van der Waals surface area contributed by atoms with Gasteiger partial charge in [-0.15, -0.1) is 0 Å². The van der Waals surface area contributed by atoms with Crippen LogP contribution in [0.2, 0.25) is 0 Å². The van der Waals surface area contributed by atoms with Crippen LogP contribution in [0.3, 0.4) is 0 Å². The highest BCUT2D eigenvalue weighted by Crippen LogP contribution is 1.98. The summed E-state index contributed by atoms with van der Waals surface area (Å²) in [4.78, 5) is 7.78. The molecule has 1 rings (SSSR count). The Morgan fingerprint density at radius 1 is 1.67 bits per heavy atom. The van der Waals surface area contributed by atoms with Gasteiger partial charge in [0.25, 0.3) is 0 Å². The Labute approximate surface area is 55.7 Å². The molecule has 1 atom stereocenters. The van der Waals surface area contributed by atoms with Crippen LogP contribution in [-0.4, -0.2) is 17.1 Å². The molecule has 0 fully saturated rings. The van der Waals surface area contributed by atoms with Crippen molar-refractivity contribution in [3.63, 3.8) is 0 Å². The lowest BCUT2D eigenvalue weighted by molar-refractivity contribution is 0.398. The average Bonchev–Trinajstić information content (AvgIpc) is 1.88. The topological polar surface area (TPSA) is 35.0 Å². The van der Waals surface area contributed by atoms with Crippen LogP contribution >= 0.6 is 9.24 Å². The normalized spacial score (nSPS) is 9.11. The molecule has 0 radical (unpaired) electrons. The number of hydrogen-bond acceptors (Lipinski definition) is 3. The Balaban J connectivity index is 2.94. The number of methoxy groups -OCH3 is 1. The SMILES string of the molecule is COc1ccnc(P)n1. The first kappa shape index (κ1) is 6.43. The van der Waals surface area contributed by atoms with Gasteiger partial charge in [0, 0.05) is 12.3 Å². The van der Waals surface area contributed by atoms with Gasteiger partial charge in [0.15, 0.2) is 0 Å². The summed E-state index contributed by atoms with van der Waals surface area (Å²) in [5.41, 5.74) is 0.648. The molecule has 1 unspecified atom stereocenters. The van der Waals surface area contributed by atoms with Crippen LogP contribution < -0.4 is 10.3 Å². The third kappa shape index (κ3) is 1.61. The lowest BCUT2D eigenvalue weighted by Crippen LogP contribution is -2.03. The summed E-state index contributed by atoms with van der Waals surface area (Å²) in [6.07, 6.45) is 1.65. The first-order valence-corrected chi connectivity index (χ1v) is 3.03. The molecule has 1 aromatic rings. The lowest BCUT2D eigenvalue weighted by atomic mass is 10.6. The molecule has 0 aromatic carbocycles. The molecule has 0 aliphatic carbocycles. The number of hydrogen-bond donors (Lipinski definition) is 0. The summed E-state index contributed by atoms with van der Waals surface area (Å²) in [5, 5.41) is 0. The first-order valence-electron chi connectivity index (χ1n) is 2.45. The quantitative estimate of drug-likeness (QED) is 0.517. The van der Waals surface area contributed by atoms with Crippen molar-refractivity contribution in [2.24, 2.45) is 0 Å². The van der Waals surface area contributed by atoms with Crippen LogP contribution in [0.25, 0.3) is 0 Å². The molecule has 1 aromatic heterocycles. The number of nitrogens with zero attached hydrogens (tertiary/aromatic N) is 2. The molecule has 48 valence electrons. The van der Waals surface area contributed by atoms with E-state index < -0.39 is 0 Å². The van der Waals surface area contributed by atoms with Crippen LogP contribution in [-0.2, 0) is 0 Å². The molecule has 0 aliphatic heterocycles. The number of rotatable bonds is 1. The van der Waals surface area contributed by atoms with E-state index in [0.29, 0.717) is 11.4 Å². The Bertz CT molecular complexity index is 204. The van der Waals surface area contributed by atoms with E-state index in [0.717, 1.165) is 0 Å². The second kappa shape index (κ2) is 2.74. The van der Waals surface area contributed by atoms with Gasteiger partial charge >= 0.3 is 0 Å². The number of aromatic nitrogens is 2.